The standard InChI is InChI=1S/C12H22N4O/c1-3-9-5-4-6-10(7-9)11(17)8-12-13-15-16(2)14-12/h9-11,17H,3-8H2,1-2H3. The number of tetrazole rings is 1. The van der Waals surface area contributed by atoms with E-state index in [4.69, 9.17) is 0 Å². The van der Waals surface area contributed by atoms with Crippen molar-refractivity contribution in [3.05, 3.63) is 5.82 Å². The van der Waals surface area contributed by atoms with Gasteiger partial charge in [0.1, 0.15) is 0 Å². The van der Waals surface area contributed by atoms with Gasteiger partial charge >= 0.3 is 0 Å². The summed E-state index contributed by atoms with van der Waals surface area (Å²) in [4.78, 5) is 1.44. The van der Waals surface area contributed by atoms with Crippen molar-refractivity contribution < 1.29 is 5.11 Å². The molecule has 1 N–H and O–H groups in total. The Kier molecular flexibility index (Phi) is 4.10. The van der Waals surface area contributed by atoms with E-state index >= 15 is 0 Å². The molecule has 1 heterocycles. The second-order valence-corrected chi connectivity index (χ2v) is 5.17. The van der Waals surface area contributed by atoms with E-state index in [0.717, 1.165) is 18.8 Å². The molecular weight excluding hydrogens is 216 g/mol. The van der Waals surface area contributed by atoms with Gasteiger partial charge in [0.25, 0.3) is 0 Å². The molecular formula is C12H22N4O. The summed E-state index contributed by atoms with van der Waals surface area (Å²) in [6, 6.07) is 0. The molecule has 0 aromatic carbocycles. The maximum absolute atomic E-state index is 10.2. The predicted molar refractivity (Wildman–Crippen MR) is 64.2 cm³/mol. The van der Waals surface area contributed by atoms with Crippen molar-refractivity contribution in [2.75, 3.05) is 0 Å². The molecule has 1 fully saturated rings. The first kappa shape index (κ1) is 12.5. The van der Waals surface area contributed by atoms with Gasteiger partial charge in [-0.1, -0.05) is 26.2 Å². The van der Waals surface area contributed by atoms with Gasteiger partial charge in [0.15, 0.2) is 5.82 Å². The van der Waals surface area contributed by atoms with Crippen molar-refractivity contribution in [3.8, 4) is 0 Å². The Hall–Kier alpha value is -0.970. The molecule has 0 bridgehead atoms. The number of nitrogens with zero attached hydrogens (tertiary/aromatic N) is 4. The first-order valence-corrected chi connectivity index (χ1v) is 6.60. The van der Waals surface area contributed by atoms with Crippen molar-refractivity contribution in [2.24, 2.45) is 18.9 Å². The number of hydrogen-bond donors (Lipinski definition) is 1. The van der Waals surface area contributed by atoms with Crippen LogP contribution < -0.4 is 0 Å². The molecule has 5 nitrogen and oxygen atoms in total. The fourth-order valence-electron chi connectivity index (χ4n) is 2.81. The Bertz CT molecular complexity index is 352. The average molecular weight is 238 g/mol. The van der Waals surface area contributed by atoms with Crippen molar-refractivity contribution >= 4 is 0 Å². The van der Waals surface area contributed by atoms with Crippen LogP contribution in [0.2, 0.25) is 0 Å². The van der Waals surface area contributed by atoms with Crippen molar-refractivity contribution in [1.29, 1.82) is 0 Å². The molecule has 1 saturated carbocycles. The maximum Gasteiger partial charge on any atom is 0.177 e. The van der Waals surface area contributed by atoms with Crippen LogP contribution >= 0.6 is 0 Å². The number of aliphatic hydroxyl groups excluding tert-OH is 1. The lowest BCUT2D eigenvalue weighted by Gasteiger charge is -2.31. The molecule has 2 rings (SSSR count). The molecule has 3 atom stereocenters. The van der Waals surface area contributed by atoms with E-state index in [1.807, 2.05) is 0 Å². The first-order chi connectivity index (χ1) is 8.19. The van der Waals surface area contributed by atoms with Crippen LogP contribution in [0, 0.1) is 11.8 Å². The van der Waals surface area contributed by atoms with Gasteiger partial charge in [0, 0.05) is 6.42 Å². The molecule has 3 unspecified atom stereocenters. The van der Waals surface area contributed by atoms with Gasteiger partial charge in [-0.2, -0.15) is 4.80 Å². The second kappa shape index (κ2) is 5.58. The first-order valence-electron chi connectivity index (χ1n) is 6.60. The Morgan fingerprint density at radius 2 is 2.29 bits per heavy atom. The van der Waals surface area contributed by atoms with Crippen molar-refractivity contribution in [1.82, 2.24) is 20.2 Å². The fraction of sp³-hybridized carbons (Fsp3) is 0.917. The molecule has 0 saturated heterocycles. The summed E-state index contributed by atoms with van der Waals surface area (Å²) in [5, 5.41) is 22.1. The summed E-state index contributed by atoms with van der Waals surface area (Å²) < 4.78 is 0. The van der Waals surface area contributed by atoms with Crippen LogP contribution in [0.25, 0.3) is 0 Å². The Labute approximate surface area is 102 Å². The summed E-state index contributed by atoms with van der Waals surface area (Å²) in [6.45, 7) is 2.24. The van der Waals surface area contributed by atoms with Crippen LogP contribution in [0.5, 0.6) is 0 Å². The molecule has 0 spiro atoms. The summed E-state index contributed by atoms with van der Waals surface area (Å²) in [5.74, 6) is 1.86. The van der Waals surface area contributed by atoms with E-state index < -0.39 is 0 Å². The molecule has 5 heteroatoms. The van der Waals surface area contributed by atoms with E-state index in [1.54, 1.807) is 7.05 Å². The Morgan fingerprint density at radius 3 is 2.94 bits per heavy atom. The molecule has 17 heavy (non-hydrogen) atoms. The molecule has 1 aromatic rings. The van der Waals surface area contributed by atoms with Crippen LogP contribution in [0.3, 0.4) is 0 Å². The number of aliphatic hydroxyl groups is 1. The minimum absolute atomic E-state index is 0.312. The van der Waals surface area contributed by atoms with Crippen LogP contribution in [-0.4, -0.2) is 31.4 Å². The highest BCUT2D eigenvalue weighted by atomic mass is 16.3. The topological polar surface area (TPSA) is 63.8 Å². The molecule has 1 aliphatic carbocycles. The highest BCUT2D eigenvalue weighted by molar-refractivity contribution is 4.86. The molecule has 0 amide bonds. The molecule has 0 aliphatic heterocycles. The lowest BCUT2D eigenvalue weighted by atomic mass is 9.77. The quantitative estimate of drug-likeness (QED) is 0.859. The molecule has 96 valence electrons. The van der Waals surface area contributed by atoms with Crippen molar-refractivity contribution in [2.45, 2.75) is 51.6 Å². The lowest BCUT2D eigenvalue weighted by Crippen LogP contribution is -2.28. The van der Waals surface area contributed by atoms with Crippen LogP contribution in [-0.2, 0) is 13.5 Å². The van der Waals surface area contributed by atoms with Gasteiger partial charge < -0.3 is 5.11 Å². The molecule has 0 radical (unpaired) electrons. The van der Waals surface area contributed by atoms with Gasteiger partial charge in [0.05, 0.1) is 13.2 Å². The number of hydrogen-bond acceptors (Lipinski definition) is 4. The minimum atomic E-state index is -0.312. The van der Waals surface area contributed by atoms with E-state index in [1.165, 1.54) is 24.1 Å². The molecule has 1 aliphatic rings. The summed E-state index contributed by atoms with van der Waals surface area (Å²) in [7, 11) is 1.75. The van der Waals surface area contributed by atoms with E-state index in [0.29, 0.717) is 18.2 Å². The zero-order valence-electron chi connectivity index (χ0n) is 10.7. The van der Waals surface area contributed by atoms with Crippen LogP contribution in [0.1, 0.15) is 44.9 Å². The lowest BCUT2D eigenvalue weighted by molar-refractivity contribution is 0.0669. The minimum Gasteiger partial charge on any atom is -0.392 e. The summed E-state index contributed by atoms with van der Waals surface area (Å²) >= 11 is 0. The largest absolute Gasteiger partial charge is 0.392 e. The number of aryl methyl sites for hydroxylation is 1. The zero-order chi connectivity index (χ0) is 12.3. The maximum atomic E-state index is 10.2. The SMILES string of the molecule is CCC1CCCC(C(O)Cc2nnn(C)n2)C1. The highest BCUT2D eigenvalue weighted by Gasteiger charge is 2.27. The fourth-order valence-corrected chi connectivity index (χ4v) is 2.81. The second-order valence-electron chi connectivity index (χ2n) is 5.17. The van der Waals surface area contributed by atoms with Gasteiger partial charge in [-0.3, -0.25) is 0 Å². The van der Waals surface area contributed by atoms with E-state index in [-0.39, 0.29) is 6.10 Å². The molecule has 1 aromatic heterocycles. The van der Waals surface area contributed by atoms with Crippen molar-refractivity contribution in [3.63, 3.8) is 0 Å². The Balaban J connectivity index is 1.88. The normalized spacial score (nSPS) is 27.0. The van der Waals surface area contributed by atoms with E-state index in [2.05, 4.69) is 22.3 Å². The smallest absolute Gasteiger partial charge is 0.177 e. The Morgan fingerprint density at radius 1 is 1.47 bits per heavy atom. The third-order valence-corrected chi connectivity index (χ3v) is 3.89. The third kappa shape index (κ3) is 3.25. The van der Waals surface area contributed by atoms with E-state index in [9.17, 15) is 5.11 Å². The van der Waals surface area contributed by atoms with Gasteiger partial charge in [0.2, 0.25) is 0 Å². The summed E-state index contributed by atoms with van der Waals surface area (Å²) in [5.41, 5.74) is 0. The number of rotatable bonds is 4. The average Bonchev–Trinajstić information content (AvgIpc) is 2.75. The van der Waals surface area contributed by atoms with Gasteiger partial charge in [-0.25, -0.2) is 0 Å². The third-order valence-electron chi connectivity index (χ3n) is 3.89. The number of aromatic nitrogens is 4. The van der Waals surface area contributed by atoms with Gasteiger partial charge in [-0.15, -0.1) is 10.2 Å². The van der Waals surface area contributed by atoms with Gasteiger partial charge in [-0.05, 0) is 29.9 Å². The van der Waals surface area contributed by atoms with Crippen LogP contribution in [0.15, 0.2) is 0 Å². The van der Waals surface area contributed by atoms with Crippen LogP contribution in [0.4, 0.5) is 0 Å². The highest BCUT2D eigenvalue weighted by Crippen LogP contribution is 2.33. The summed E-state index contributed by atoms with van der Waals surface area (Å²) in [6.07, 6.45) is 6.31. The zero-order valence-corrected chi connectivity index (χ0v) is 10.7. The monoisotopic (exact) mass is 238 g/mol. The predicted octanol–water partition coefficient (Wildman–Crippen LogP) is 1.33.